The fourth-order valence-electron chi connectivity index (χ4n) is 1.69. The highest BCUT2D eigenvalue weighted by atomic mass is 32.1. The molecule has 0 bridgehead atoms. The van der Waals surface area contributed by atoms with Crippen molar-refractivity contribution in [3.8, 4) is 16.3 Å². The number of aliphatic hydroxyl groups is 1. The minimum Gasteiger partial charge on any atom is -0.496 e. The lowest BCUT2D eigenvalue weighted by atomic mass is 10.2. The number of rotatable bonds is 5. The number of para-hydroxylation sites is 1. The van der Waals surface area contributed by atoms with E-state index in [1.807, 2.05) is 24.3 Å². The molecule has 5 heteroatoms. The molecule has 0 fully saturated rings. The van der Waals surface area contributed by atoms with Gasteiger partial charge in [-0.25, -0.2) is 4.98 Å². The third-order valence-corrected chi connectivity index (χ3v) is 3.66. The summed E-state index contributed by atoms with van der Waals surface area (Å²) >= 11 is 1.46. The summed E-state index contributed by atoms with van der Waals surface area (Å²) in [7, 11) is 3.25. The Kier molecular flexibility index (Phi) is 4.30. The number of thiazole rings is 1. The molecule has 1 heterocycles. The number of ether oxygens (including phenoxy) is 2. The van der Waals surface area contributed by atoms with Crippen LogP contribution in [0.3, 0.4) is 0 Å². The van der Waals surface area contributed by atoms with E-state index in [0.29, 0.717) is 6.61 Å². The van der Waals surface area contributed by atoms with Gasteiger partial charge in [0, 0.05) is 7.11 Å². The van der Waals surface area contributed by atoms with Gasteiger partial charge in [0.15, 0.2) is 0 Å². The lowest BCUT2D eigenvalue weighted by Crippen LogP contribution is -1.93. The van der Waals surface area contributed by atoms with Gasteiger partial charge in [0.1, 0.15) is 10.8 Å². The Morgan fingerprint density at radius 2 is 2.06 bits per heavy atom. The van der Waals surface area contributed by atoms with E-state index in [4.69, 9.17) is 9.47 Å². The molecule has 2 aromatic rings. The topological polar surface area (TPSA) is 51.6 Å². The highest BCUT2D eigenvalue weighted by Crippen LogP contribution is 2.34. The Bertz CT molecular complexity index is 525. The quantitative estimate of drug-likeness (QED) is 0.902. The highest BCUT2D eigenvalue weighted by Gasteiger charge is 2.14. The van der Waals surface area contributed by atoms with Crippen LogP contribution in [0.5, 0.6) is 5.75 Å². The number of aliphatic hydroxyl groups excluding tert-OH is 1. The van der Waals surface area contributed by atoms with E-state index in [2.05, 4.69) is 4.98 Å². The molecule has 4 nitrogen and oxygen atoms in total. The molecule has 0 aliphatic carbocycles. The lowest BCUT2D eigenvalue weighted by Gasteiger charge is -2.04. The molecule has 0 saturated carbocycles. The van der Waals surface area contributed by atoms with Crippen LogP contribution in [-0.2, 0) is 18.0 Å². The van der Waals surface area contributed by atoms with Crippen LogP contribution in [0, 0.1) is 0 Å². The number of aromatic nitrogens is 1. The van der Waals surface area contributed by atoms with E-state index in [0.717, 1.165) is 26.9 Å². The van der Waals surface area contributed by atoms with Crippen LogP contribution in [0.15, 0.2) is 24.3 Å². The van der Waals surface area contributed by atoms with E-state index >= 15 is 0 Å². The second-order valence-corrected chi connectivity index (χ2v) is 4.76. The summed E-state index contributed by atoms with van der Waals surface area (Å²) in [4.78, 5) is 5.33. The van der Waals surface area contributed by atoms with E-state index in [1.165, 1.54) is 11.3 Å². The fraction of sp³-hybridized carbons (Fsp3) is 0.308. The molecular formula is C13H15NO3S. The molecule has 0 saturated heterocycles. The minimum atomic E-state index is -0.0223. The van der Waals surface area contributed by atoms with Gasteiger partial charge in [-0.05, 0) is 12.1 Å². The van der Waals surface area contributed by atoms with Crippen molar-refractivity contribution in [2.45, 2.75) is 13.2 Å². The largest absolute Gasteiger partial charge is 0.496 e. The van der Waals surface area contributed by atoms with Crippen LogP contribution in [0.25, 0.3) is 10.6 Å². The zero-order chi connectivity index (χ0) is 13.0. The van der Waals surface area contributed by atoms with Crippen molar-refractivity contribution in [1.82, 2.24) is 4.98 Å². The zero-order valence-electron chi connectivity index (χ0n) is 10.3. The van der Waals surface area contributed by atoms with Crippen LogP contribution in [0.4, 0.5) is 0 Å². The van der Waals surface area contributed by atoms with Gasteiger partial charge in [0.05, 0.1) is 36.5 Å². The molecule has 0 spiro atoms. The summed E-state index contributed by atoms with van der Waals surface area (Å²) in [6, 6.07) is 7.70. The van der Waals surface area contributed by atoms with Crippen molar-refractivity contribution in [2.24, 2.45) is 0 Å². The maximum atomic E-state index is 9.32. The molecule has 1 aromatic heterocycles. The van der Waals surface area contributed by atoms with Crippen molar-refractivity contribution < 1.29 is 14.6 Å². The van der Waals surface area contributed by atoms with Crippen molar-refractivity contribution in [3.63, 3.8) is 0 Å². The molecule has 0 radical (unpaired) electrons. The maximum absolute atomic E-state index is 9.32. The van der Waals surface area contributed by atoms with Gasteiger partial charge in [-0.1, -0.05) is 12.1 Å². The third kappa shape index (κ3) is 2.53. The Labute approximate surface area is 110 Å². The number of hydrogen-bond donors (Lipinski definition) is 1. The SMILES string of the molecule is COCc1nc(-c2ccccc2OC)sc1CO. The van der Waals surface area contributed by atoms with Crippen LogP contribution in [0.1, 0.15) is 10.6 Å². The van der Waals surface area contributed by atoms with Gasteiger partial charge in [-0.3, -0.25) is 0 Å². The normalized spacial score (nSPS) is 10.6. The number of hydrogen-bond acceptors (Lipinski definition) is 5. The summed E-state index contributed by atoms with van der Waals surface area (Å²) in [5.41, 5.74) is 1.72. The van der Waals surface area contributed by atoms with E-state index in [9.17, 15) is 5.11 Å². The van der Waals surface area contributed by atoms with Crippen molar-refractivity contribution in [2.75, 3.05) is 14.2 Å². The first-order valence-electron chi connectivity index (χ1n) is 5.52. The Morgan fingerprint density at radius 1 is 1.28 bits per heavy atom. The second-order valence-electron chi connectivity index (χ2n) is 3.68. The summed E-state index contributed by atoms with van der Waals surface area (Å²) < 4.78 is 10.4. The third-order valence-electron chi connectivity index (χ3n) is 2.54. The molecule has 1 aromatic carbocycles. The maximum Gasteiger partial charge on any atom is 0.129 e. The second kappa shape index (κ2) is 5.95. The van der Waals surface area contributed by atoms with Gasteiger partial charge in [-0.2, -0.15) is 0 Å². The molecule has 0 atom stereocenters. The van der Waals surface area contributed by atoms with Crippen LogP contribution >= 0.6 is 11.3 Å². The zero-order valence-corrected chi connectivity index (χ0v) is 11.2. The first kappa shape index (κ1) is 13.0. The number of methoxy groups -OCH3 is 2. The summed E-state index contributed by atoms with van der Waals surface area (Å²) in [5, 5.41) is 10.2. The molecule has 18 heavy (non-hydrogen) atoms. The number of nitrogens with zero attached hydrogens (tertiary/aromatic N) is 1. The van der Waals surface area contributed by atoms with Crippen molar-refractivity contribution >= 4 is 11.3 Å². The minimum absolute atomic E-state index is 0.0223. The Balaban J connectivity index is 2.44. The highest BCUT2D eigenvalue weighted by molar-refractivity contribution is 7.15. The first-order chi connectivity index (χ1) is 8.80. The molecule has 0 aliphatic rings. The van der Waals surface area contributed by atoms with E-state index < -0.39 is 0 Å². The average Bonchev–Trinajstić information content (AvgIpc) is 2.82. The van der Waals surface area contributed by atoms with Crippen molar-refractivity contribution in [1.29, 1.82) is 0 Å². The molecule has 2 rings (SSSR count). The molecule has 96 valence electrons. The fourth-order valence-corrected chi connectivity index (χ4v) is 2.65. The standard InChI is InChI=1S/C13H15NO3S/c1-16-8-10-12(7-15)18-13(14-10)9-5-3-4-6-11(9)17-2/h3-6,15H,7-8H2,1-2H3. The molecule has 1 N–H and O–H groups in total. The lowest BCUT2D eigenvalue weighted by molar-refractivity contribution is 0.179. The first-order valence-corrected chi connectivity index (χ1v) is 6.33. The summed E-state index contributed by atoms with van der Waals surface area (Å²) in [6.45, 7) is 0.382. The Morgan fingerprint density at radius 3 is 2.72 bits per heavy atom. The van der Waals surface area contributed by atoms with E-state index in [-0.39, 0.29) is 6.61 Å². The van der Waals surface area contributed by atoms with Gasteiger partial charge < -0.3 is 14.6 Å². The van der Waals surface area contributed by atoms with Gasteiger partial charge >= 0.3 is 0 Å². The van der Waals surface area contributed by atoms with Crippen LogP contribution < -0.4 is 4.74 Å². The summed E-state index contributed by atoms with van der Waals surface area (Å²) in [6.07, 6.45) is 0. The van der Waals surface area contributed by atoms with Gasteiger partial charge in [0.25, 0.3) is 0 Å². The Hall–Kier alpha value is -1.43. The van der Waals surface area contributed by atoms with Crippen LogP contribution in [-0.4, -0.2) is 24.3 Å². The molecule has 0 unspecified atom stereocenters. The van der Waals surface area contributed by atoms with Gasteiger partial charge in [0.2, 0.25) is 0 Å². The predicted octanol–water partition coefficient (Wildman–Crippen LogP) is 2.46. The van der Waals surface area contributed by atoms with Crippen molar-refractivity contribution in [3.05, 3.63) is 34.8 Å². The van der Waals surface area contributed by atoms with E-state index in [1.54, 1.807) is 14.2 Å². The summed E-state index contributed by atoms with van der Waals surface area (Å²) in [5.74, 6) is 0.778. The molecule has 0 amide bonds. The monoisotopic (exact) mass is 265 g/mol. The number of benzene rings is 1. The predicted molar refractivity (Wildman–Crippen MR) is 70.7 cm³/mol. The van der Waals surface area contributed by atoms with Crippen LogP contribution in [0.2, 0.25) is 0 Å². The molecule has 0 aliphatic heterocycles. The smallest absolute Gasteiger partial charge is 0.129 e. The van der Waals surface area contributed by atoms with Gasteiger partial charge in [-0.15, -0.1) is 11.3 Å². The molecular weight excluding hydrogens is 250 g/mol. The average molecular weight is 265 g/mol.